The molecule has 0 fully saturated rings. The van der Waals surface area contributed by atoms with Crippen LogP contribution in [0.3, 0.4) is 0 Å². The molecule has 22 heavy (non-hydrogen) atoms. The molecule has 0 aromatic heterocycles. The molecule has 0 radical (unpaired) electrons. The van der Waals surface area contributed by atoms with Crippen LogP contribution in [-0.2, 0) is 4.79 Å². The van der Waals surface area contributed by atoms with Gasteiger partial charge in [-0.15, -0.1) is 0 Å². The molecular formula is C19H20O3. The van der Waals surface area contributed by atoms with E-state index in [4.69, 9.17) is 4.74 Å². The number of carbonyl (C=O) groups is 2. The van der Waals surface area contributed by atoms with Crippen molar-refractivity contribution in [3.05, 3.63) is 65.7 Å². The largest absolute Gasteiger partial charge is 0.497 e. The summed E-state index contributed by atoms with van der Waals surface area (Å²) >= 11 is 0. The zero-order valence-corrected chi connectivity index (χ0v) is 12.9. The third kappa shape index (κ3) is 4.29. The lowest BCUT2D eigenvalue weighted by Crippen LogP contribution is -2.11. The molecule has 114 valence electrons. The first kappa shape index (κ1) is 16.0. The molecular weight excluding hydrogens is 276 g/mol. The van der Waals surface area contributed by atoms with Crippen molar-refractivity contribution in [2.75, 3.05) is 7.11 Å². The Balaban J connectivity index is 2.15. The highest BCUT2D eigenvalue weighted by Gasteiger charge is 2.18. The van der Waals surface area contributed by atoms with Gasteiger partial charge in [-0.3, -0.25) is 4.79 Å². The van der Waals surface area contributed by atoms with Gasteiger partial charge in [0.05, 0.1) is 7.11 Å². The van der Waals surface area contributed by atoms with Crippen LogP contribution >= 0.6 is 0 Å². The second-order valence-electron chi connectivity index (χ2n) is 5.37. The van der Waals surface area contributed by atoms with E-state index in [1.807, 2.05) is 30.3 Å². The number of ketones is 2. The zero-order chi connectivity index (χ0) is 15.9. The normalized spacial score (nSPS) is 11.7. The minimum absolute atomic E-state index is 0.0396. The summed E-state index contributed by atoms with van der Waals surface area (Å²) in [6, 6.07) is 16.8. The molecule has 0 amide bonds. The van der Waals surface area contributed by atoms with Gasteiger partial charge in [-0.25, -0.2) is 0 Å². The van der Waals surface area contributed by atoms with Gasteiger partial charge in [0.15, 0.2) is 5.78 Å². The maximum Gasteiger partial charge on any atom is 0.163 e. The average molecular weight is 296 g/mol. The summed E-state index contributed by atoms with van der Waals surface area (Å²) in [7, 11) is 1.59. The van der Waals surface area contributed by atoms with Crippen LogP contribution in [0.4, 0.5) is 0 Å². The van der Waals surface area contributed by atoms with Gasteiger partial charge in [0.25, 0.3) is 0 Å². The second kappa shape index (κ2) is 7.55. The van der Waals surface area contributed by atoms with Crippen LogP contribution in [0.25, 0.3) is 0 Å². The lowest BCUT2D eigenvalue weighted by Gasteiger charge is -2.15. The predicted molar refractivity (Wildman–Crippen MR) is 86.4 cm³/mol. The first-order valence-corrected chi connectivity index (χ1v) is 7.31. The van der Waals surface area contributed by atoms with E-state index in [0.29, 0.717) is 18.4 Å². The number of benzene rings is 2. The van der Waals surface area contributed by atoms with Gasteiger partial charge in [0, 0.05) is 18.4 Å². The molecule has 0 heterocycles. The molecule has 3 heteroatoms. The Bertz CT molecular complexity index is 629. The minimum Gasteiger partial charge on any atom is -0.497 e. The summed E-state index contributed by atoms with van der Waals surface area (Å²) in [5, 5.41) is 0. The summed E-state index contributed by atoms with van der Waals surface area (Å²) in [5.41, 5.74) is 1.67. The Morgan fingerprint density at radius 3 is 2.14 bits per heavy atom. The smallest absolute Gasteiger partial charge is 0.163 e. The zero-order valence-electron chi connectivity index (χ0n) is 12.9. The van der Waals surface area contributed by atoms with E-state index >= 15 is 0 Å². The molecule has 1 atom stereocenters. The Morgan fingerprint density at radius 2 is 1.59 bits per heavy atom. The standard InChI is InChI=1S/C19H20O3/c1-14(20)12-17(15-6-4-3-5-7-15)13-19(21)16-8-10-18(22-2)11-9-16/h3-11,17H,12-13H2,1-2H3. The molecule has 1 unspecified atom stereocenters. The monoisotopic (exact) mass is 296 g/mol. The van der Waals surface area contributed by atoms with Crippen molar-refractivity contribution in [1.29, 1.82) is 0 Å². The molecule has 0 N–H and O–H groups in total. The minimum atomic E-state index is -0.0756. The molecule has 0 aliphatic carbocycles. The molecule has 0 saturated carbocycles. The van der Waals surface area contributed by atoms with E-state index in [0.717, 1.165) is 11.3 Å². The number of hydrogen-bond acceptors (Lipinski definition) is 3. The SMILES string of the molecule is COc1ccc(C(=O)CC(CC(C)=O)c2ccccc2)cc1. The Hall–Kier alpha value is -2.42. The molecule has 3 nitrogen and oxygen atoms in total. The van der Waals surface area contributed by atoms with Crippen LogP contribution in [0.2, 0.25) is 0 Å². The second-order valence-corrected chi connectivity index (χ2v) is 5.37. The lowest BCUT2D eigenvalue weighted by atomic mass is 9.88. The van der Waals surface area contributed by atoms with Crippen LogP contribution in [0.15, 0.2) is 54.6 Å². The molecule has 0 spiro atoms. The van der Waals surface area contributed by atoms with E-state index in [-0.39, 0.29) is 17.5 Å². The van der Waals surface area contributed by atoms with Gasteiger partial charge in [-0.05, 0) is 42.7 Å². The topological polar surface area (TPSA) is 43.4 Å². The van der Waals surface area contributed by atoms with Gasteiger partial charge in [0.1, 0.15) is 11.5 Å². The summed E-state index contributed by atoms with van der Waals surface area (Å²) in [5.74, 6) is 0.780. The summed E-state index contributed by atoms with van der Waals surface area (Å²) in [6.45, 7) is 1.56. The maximum absolute atomic E-state index is 12.5. The van der Waals surface area contributed by atoms with Crippen LogP contribution in [-0.4, -0.2) is 18.7 Å². The van der Waals surface area contributed by atoms with Crippen molar-refractivity contribution >= 4 is 11.6 Å². The third-order valence-electron chi connectivity index (χ3n) is 3.65. The number of hydrogen-bond donors (Lipinski definition) is 0. The van der Waals surface area contributed by atoms with Crippen LogP contribution in [0.1, 0.15) is 41.6 Å². The Morgan fingerprint density at radius 1 is 0.955 bits per heavy atom. The van der Waals surface area contributed by atoms with Crippen LogP contribution in [0.5, 0.6) is 5.75 Å². The van der Waals surface area contributed by atoms with Gasteiger partial charge in [0.2, 0.25) is 0 Å². The highest BCUT2D eigenvalue weighted by atomic mass is 16.5. The van der Waals surface area contributed by atoms with Crippen molar-refractivity contribution in [2.24, 2.45) is 0 Å². The van der Waals surface area contributed by atoms with Crippen molar-refractivity contribution in [1.82, 2.24) is 0 Å². The van der Waals surface area contributed by atoms with Gasteiger partial charge in [-0.1, -0.05) is 30.3 Å². The van der Waals surface area contributed by atoms with E-state index in [9.17, 15) is 9.59 Å². The van der Waals surface area contributed by atoms with Gasteiger partial charge in [-0.2, -0.15) is 0 Å². The summed E-state index contributed by atoms with van der Waals surface area (Å²) in [4.78, 5) is 24.0. The average Bonchev–Trinajstić information content (AvgIpc) is 2.54. The van der Waals surface area contributed by atoms with Crippen molar-refractivity contribution in [2.45, 2.75) is 25.7 Å². The third-order valence-corrected chi connectivity index (χ3v) is 3.65. The van der Waals surface area contributed by atoms with Crippen LogP contribution in [0, 0.1) is 0 Å². The highest BCUT2D eigenvalue weighted by Crippen LogP contribution is 2.26. The number of methoxy groups -OCH3 is 1. The quantitative estimate of drug-likeness (QED) is 0.724. The number of Topliss-reactive ketones (excluding diaryl/α,β-unsaturated/α-hetero) is 2. The summed E-state index contributed by atoms with van der Waals surface area (Å²) in [6.07, 6.45) is 0.710. The van der Waals surface area contributed by atoms with E-state index in [2.05, 4.69) is 0 Å². The van der Waals surface area contributed by atoms with Crippen molar-refractivity contribution < 1.29 is 14.3 Å². The van der Waals surface area contributed by atoms with E-state index < -0.39 is 0 Å². The maximum atomic E-state index is 12.5. The number of carbonyl (C=O) groups excluding carboxylic acids is 2. The highest BCUT2D eigenvalue weighted by molar-refractivity contribution is 5.97. The van der Waals surface area contributed by atoms with Crippen molar-refractivity contribution in [3.8, 4) is 5.75 Å². The van der Waals surface area contributed by atoms with Crippen LogP contribution < -0.4 is 4.74 Å². The fourth-order valence-corrected chi connectivity index (χ4v) is 2.50. The fourth-order valence-electron chi connectivity index (χ4n) is 2.50. The molecule has 2 aromatic carbocycles. The summed E-state index contributed by atoms with van der Waals surface area (Å²) < 4.78 is 5.10. The fraction of sp³-hybridized carbons (Fsp3) is 0.263. The molecule has 0 aliphatic heterocycles. The number of rotatable bonds is 7. The molecule has 2 rings (SSSR count). The molecule has 0 aliphatic rings. The number of ether oxygens (including phenoxy) is 1. The first-order chi connectivity index (χ1) is 10.6. The van der Waals surface area contributed by atoms with Gasteiger partial charge >= 0.3 is 0 Å². The van der Waals surface area contributed by atoms with E-state index in [1.165, 1.54) is 0 Å². The first-order valence-electron chi connectivity index (χ1n) is 7.31. The lowest BCUT2D eigenvalue weighted by molar-refractivity contribution is -0.117. The molecule has 0 bridgehead atoms. The molecule has 2 aromatic rings. The van der Waals surface area contributed by atoms with Crippen molar-refractivity contribution in [3.63, 3.8) is 0 Å². The predicted octanol–water partition coefficient (Wildman–Crippen LogP) is 4.03. The Kier molecular flexibility index (Phi) is 5.48. The van der Waals surface area contributed by atoms with E-state index in [1.54, 1.807) is 38.3 Å². The molecule has 0 saturated heterocycles. The Labute approximate surface area is 130 Å². The van der Waals surface area contributed by atoms with Gasteiger partial charge < -0.3 is 9.53 Å².